The van der Waals surface area contributed by atoms with Crippen LogP contribution in [0.25, 0.3) is 0 Å². The van der Waals surface area contributed by atoms with Crippen molar-refractivity contribution in [3.63, 3.8) is 0 Å². The summed E-state index contributed by atoms with van der Waals surface area (Å²) in [5.41, 5.74) is 0.726. The number of fused-ring (bicyclic) bond motifs is 2. The van der Waals surface area contributed by atoms with Gasteiger partial charge in [0.2, 0.25) is 0 Å². The minimum Gasteiger partial charge on any atom is -0.492 e. The Bertz CT molecular complexity index is 591. The molecule has 2 saturated heterocycles. The third kappa shape index (κ3) is 4.70. The molecule has 5 heteroatoms. The molecule has 5 nitrogen and oxygen atoms in total. The summed E-state index contributed by atoms with van der Waals surface area (Å²) in [6.07, 6.45) is 5.96. The molecule has 0 aromatic heterocycles. The molecule has 0 radical (unpaired) electrons. The van der Waals surface area contributed by atoms with Crippen LogP contribution >= 0.6 is 0 Å². The Kier molecular flexibility index (Phi) is 6.41. The molecule has 3 rings (SSSR count). The highest BCUT2D eigenvalue weighted by atomic mass is 16.5. The zero-order chi connectivity index (χ0) is 18.5. The number of hydrogen-bond donors (Lipinski definition) is 2. The van der Waals surface area contributed by atoms with E-state index in [0.717, 1.165) is 18.5 Å². The molecule has 2 heterocycles. The normalized spacial score (nSPS) is 25.8. The van der Waals surface area contributed by atoms with E-state index in [2.05, 4.69) is 29.4 Å². The number of piperidine rings is 2. The number of para-hydroxylation sites is 2. The van der Waals surface area contributed by atoms with Crippen LogP contribution in [0.3, 0.4) is 0 Å². The Hall–Kier alpha value is -1.75. The van der Waals surface area contributed by atoms with Crippen molar-refractivity contribution in [2.45, 2.75) is 71.0 Å². The maximum atomic E-state index is 12.5. The molecule has 2 aliphatic rings. The number of carbonyl (C=O) groups is 1. The van der Waals surface area contributed by atoms with E-state index < -0.39 is 0 Å². The molecule has 2 aliphatic heterocycles. The number of hydrogen-bond acceptors (Lipinski definition) is 3. The van der Waals surface area contributed by atoms with Crippen molar-refractivity contribution in [2.75, 3.05) is 18.5 Å². The average molecular weight is 360 g/mol. The first kappa shape index (κ1) is 19.0. The van der Waals surface area contributed by atoms with E-state index in [4.69, 9.17) is 4.74 Å². The lowest BCUT2D eigenvalue weighted by molar-refractivity contribution is 0.0180. The van der Waals surface area contributed by atoms with Gasteiger partial charge >= 0.3 is 6.03 Å². The van der Waals surface area contributed by atoms with Gasteiger partial charge in [-0.05, 0) is 50.7 Å². The lowest BCUT2D eigenvalue weighted by Crippen LogP contribution is -2.58. The van der Waals surface area contributed by atoms with E-state index >= 15 is 0 Å². The van der Waals surface area contributed by atoms with E-state index in [-0.39, 0.29) is 12.1 Å². The van der Waals surface area contributed by atoms with E-state index in [1.807, 2.05) is 31.2 Å². The predicted molar refractivity (Wildman–Crippen MR) is 106 cm³/mol. The van der Waals surface area contributed by atoms with Gasteiger partial charge in [0, 0.05) is 24.7 Å². The fourth-order valence-corrected chi connectivity index (χ4v) is 4.51. The molecule has 0 saturated carbocycles. The van der Waals surface area contributed by atoms with Crippen molar-refractivity contribution in [3.05, 3.63) is 24.3 Å². The first-order valence-corrected chi connectivity index (χ1v) is 10.1. The van der Waals surface area contributed by atoms with E-state index in [9.17, 15) is 4.79 Å². The Labute approximate surface area is 157 Å². The molecule has 144 valence electrons. The average Bonchev–Trinajstić information content (AvgIpc) is 2.57. The summed E-state index contributed by atoms with van der Waals surface area (Å²) in [5.74, 6) is 1.41. The van der Waals surface area contributed by atoms with Gasteiger partial charge in [0.25, 0.3) is 0 Å². The Morgan fingerprint density at radius 2 is 1.92 bits per heavy atom. The number of ether oxygens (including phenoxy) is 1. The maximum Gasteiger partial charge on any atom is 0.319 e. The number of nitrogens with one attached hydrogen (secondary N) is 2. The summed E-state index contributed by atoms with van der Waals surface area (Å²) < 4.78 is 5.59. The molecule has 2 fully saturated rings. The summed E-state index contributed by atoms with van der Waals surface area (Å²) in [6, 6.07) is 8.95. The lowest BCUT2D eigenvalue weighted by Gasteiger charge is -2.49. The third-order valence-corrected chi connectivity index (χ3v) is 5.47. The number of amides is 2. The van der Waals surface area contributed by atoms with E-state index in [1.165, 1.54) is 25.8 Å². The van der Waals surface area contributed by atoms with Crippen LogP contribution in [0.15, 0.2) is 24.3 Å². The Morgan fingerprint density at radius 3 is 2.58 bits per heavy atom. The third-order valence-electron chi connectivity index (χ3n) is 5.47. The first-order chi connectivity index (χ1) is 12.6. The summed E-state index contributed by atoms with van der Waals surface area (Å²) in [7, 11) is 0. The van der Waals surface area contributed by atoms with E-state index in [1.54, 1.807) is 0 Å². The van der Waals surface area contributed by atoms with Crippen molar-refractivity contribution in [1.29, 1.82) is 0 Å². The summed E-state index contributed by atoms with van der Waals surface area (Å²) in [6.45, 7) is 8.29. The summed E-state index contributed by atoms with van der Waals surface area (Å²) in [4.78, 5) is 15.2. The molecule has 0 aliphatic carbocycles. The fourth-order valence-electron chi connectivity index (χ4n) is 4.51. The summed E-state index contributed by atoms with van der Waals surface area (Å²) >= 11 is 0. The van der Waals surface area contributed by atoms with Crippen LogP contribution in [0, 0.1) is 5.92 Å². The number of anilines is 1. The molecule has 2 bridgehead atoms. The van der Waals surface area contributed by atoms with Gasteiger partial charge in [-0.2, -0.15) is 0 Å². The van der Waals surface area contributed by atoms with Crippen molar-refractivity contribution in [1.82, 2.24) is 10.2 Å². The van der Waals surface area contributed by atoms with Crippen LogP contribution in [-0.4, -0.2) is 42.2 Å². The zero-order valence-corrected chi connectivity index (χ0v) is 16.3. The molecule has 0 spiro atoms. The van der Waals surface area contributed by atoms with Crippen molar-refractivity contribution >= 4 is 11.7 Å². The molecule has 3 atom stereocenters. The van der Waals surface area contributed by atoms with Crippen molar-refractivity contribution in [3.8, 4) is 5.75 Å². The molecule has 1 aromatic rings. The minimum atomic E-state index is -0.127. The predicted octanol–water partition coefficient (Wildman–Crippen LogP) is 4.25. The monoisotopic (exact) mass is 359 g/mol. The van der Waals surface area contributed by atoms with Crippen molar-refractivity contribution in [2.24, 2.45) is 5.92 Å². The quantitative estimate of drug-likeness (QED) is 0.798. The number of urea groups is 1. The van der Waals surface area contributed by atoms with Crippen LogP contribution in [0.4, 0.5) is 10.5 Å². The molecule has 2 amide bonds. The Balaban J connectivity index is 1.57. The standard InChI is InChI=1S/C21H33N3O2/c1-4-26-20-11-6-5-10-19(20)23-21(25)22-16-12-17-8-7-9-18(13-16)24(17)14-15(2)3/h5-6,10-11,15-18H,4,7-9,12-14H2,1-3H3,(H2,22,23,25)/t16?,17-,18+. The van der Waals surface area contributed by atoms with Crippen LogP contribution in [-0.2, 0) is 0 Å². The Morgan fingerprint density at radius 1 is 1.23 bits per heavy atom. The second-order valence-electron chi connectivity index (χ2n) is 8.03. The molecule has 1 unspecified atom stereocenters. The second-order valence-corrected chi connectivity index (χ2v) is 8.03. The number of rotatable bonds is 6. The molecule has 26 heavy (non-hydrogen) atoms. The maximum absolute atomic E-state index is 12.5. The van der Waals surface area contributed by atoms with Gasteiger partial charge in [0.15, 0.2) is 0 Å². The highest BCUT2D eigenvalue weighted by Gasteiger charge is 2.38. The number of benzene rings is 1. The number of carbonyl (C=O) groups excluding carboxylic acids is 1. The minimum absolute atomic E-state index is 0.127. The highest BCUT2D eigenvalue weighted by Crippen LogP contribution is 2.34. The van der Waals surface area contributed by atoms with Gasteiger partial charge in [0.1, 0.15) is 5.75 Å². The van der Waals surface area contributed by atoms with Gasteiger partial charge in [-0.25, -0.2) is 4.79 Å². The largest absolute Gasteiger partial charge is 0.492 e. The molecular formula is C21H33N3O2. The van der Waals surface area contributed by atoms with Crippen LogP contribution in [0.2, 0.25) is 0 Å². The topological polar surface area (TPSA) is 53.6 Å². The lowest BCUT2D eigenvalue weighted by atomic mass is 9.81. The summed E-state index contributed by atoms with van der Waals surface area (Å²) in [5, 5.41) is 6.17. The molecule has 2 N–H and O–H groups in total. The SMILES string of the molecule is CCOc1ccccc1NC(=O)NC1C[C@H]2CCC[C@@H](C1)N2CC(C)C. The van der Waals surface area contributed by atoms with E-state index in [0.29, 0.717) is 30.4 Å². The van der Waals surface area contributed by atoms with Crippen LogP contribution in [0.1, 0.15) is 52.9 Å². The zero-order valence-electron chi connectivity index (χ0n) is 16.3. The van der Waals surface area contributed by atoms with Gasteiger partial charge in [-0.3, -0.25) is 4.90 Å². The molecule has 1 aromatic carbocycles. The van der Waals surface area contributed by atoms with Gasteiger partial charge in [-0.1, -0.05) is 32.4 Å². The highest BCUT2D eigenvalue weighted by molar-refractivity contribution is 5.91. The van der Waals surface area contributed by atoms with Crippen LogP contribution < -0.4 is 15.4 Å². The van der Waals surface area contributed by atoms with Gasteiger partial charge in [-0.15, -0.1) is 0 Å². The van der Waals surface area contributed by atoms with Crippen LogP contribution in [0.5, 0.6) is 5.75 Å². The smallest absolute Gasteiger partial charge is 0.319 e. The van der Waals surface area contributed by atoms with Gasteiger partial charge in [0.05, 0.1) is 12.3 Å². The first-order valence-electron chi connectivity index (χ1n) is 10.1. The number of nitrogens with zero attached hydrogens (tertiary/aromatic N) is 1. The second kappa shape index (κ2) is 8.76. The van der Waals surface area contributed by atoms with Crippen molar-refractivity contribution < 1.29 is 9.53 Å². The molecular weight excluding hydrogens is 326 g/mol. The van der Waals surface area contributed by atoms with Gasteiger partial charge < -0.3 is 15.4 Å². The fraction of sp³-hybridized carbons (Fsp3) is 0.667.